The molecule has 5 rings (SSSR count). The number of aromatic nitrogens is 2. The average molecular weight is 455 g/mol. The molecule has 0 saturated heterocycles. The highest BCUT2D eigenvalue weighted by Crippen LogP contribution is 2.52. The minimum absolute atomic E-state index is 0.113. The lowest BCUT2D eigenvalue weighted by Gasteiger charge is -2.30. The number of aliphatic hydroxyl groups excluding tert-OH is 1. The van der Waals surface area contributed by atoms with Gasteiger partial charge in [0.25, 0.3) is 11.5 Å². The van der Waals surface area contributed by atoms with Crippen LogP contribution in [0.4, 0.5) is 13.2 Å². The van der Waals surface area contributed by atoms with E-state index in [2.05, 4.69) is 9.97 Å². The summed E-state index contributed by atoms with van der Waals surface area (Å²) in [4.78, 5) is 34.3. The van der Waals surface area contributed by atoms with E-state index in [9.17, 15) is 27.9 Å². The summed E-state index contributed by atoms with van der Waals surface area (Å²) in [5.74, 6) is -3.16. The van der Waals surface area contributed by atoms with Gasteiger partial charge in [0.2, 0.25) is 0 Å². The largest absolute Gasteiger partial charge is 0.378 e. The smallest absolute Gasteiger partial charge is 0.256 e. The van der Waals surface area contributed by atoms with Crippen LogP contribution in [0, 0.1) is 17.5 Å². The number of carbonyl (C=O) groups is 1. The van der Waals surface area contributed by atoms with Crippen molar-refractivity contribution in [3.05, 3.63) is 98.5 Å². The van der Waals surface area contributed by atoms with Crippen molar-refractivity contribution in [2.24, 2.45) is 0 Å². The fourth-order valence-electron chi connectivity index (χ4n) is 4.45. The molecule has 9 heteroatoms. The molecule has 2 N–H and O–H groups in total. The number of benzene rings is 2. The molecule has 3 aromatic rings. The first-order valence-electron chi connectivity index (χ1n) is 10.6. The number of fused-ring (bicyclic) bond motifs is 1. The maximum atomic E-state index is 14.0. The summed E-state index contributed by atoms with van der Waals surface area (Å²) < 4.78 is 41.3. The molecule has 6 nitrogen and oxygen atoms in total. The third kappa shape index (κ3) is 3.62. The highest BCUT2D eigenvalue weighted by atomic mass is 19.2. The Bertz CT molecular complexity index is 1320. The van der Waals surface area contributed by atoms with Crippen molar-refractivity contribution in [3.63, 3.8) is 0 Å². The highest BCUT2D eigenvalue weighted by Gasteiger charge is 2.49. The zero-order chi connectivity index (χ0) is 23.3. The van der Waals surface area contributed by atoms with E-state index in [0.717, 1.165) is 30.5 Å². The summed E-state index contributed by atoms with van der Waals surface area (Å²) in [6, 6.07) is 9.48. The van der Waals surface area contributed by atoms with E-state index in [1.165, 1.54) is 23.1 Å². The van der Waals surface area contributed by atoms with Crippen molar-refractivity contribution in [2.45, 2.75) is 37.3 Å². The van der Waals surface area contributed by atoms with Crippen molar-refractivity contribution < 1.29 is 23.1 Å². The third-order valence-electron chi connectivity index (χ3n) is 6.47. The molecule has 1 aliphatic heterocycles. The van der Waals surface area contributed by atoms with Crippen molar-refractivity contribution in [1.82, 2.24) is 14.9 Å². The van der Waals surface area contributed by atoms with Crippen LogP contribution >= 0.6 is 0 Å². The van der Waals surface area contributed by atoms with Crippen LogP contribution in [-0.4, -0.2) is 32.4 Å². The first-order chi connectivity index (χ1) is 15.8. The van der Waals surface area contributed by atoms with Crippen molar-refractivity contribution in [2.75, 3.05) is 6.54 Å². The lowest BCUT2D eigenvalue weighted by atomic mass is 9.94. The molecule has 0 spiro atoms. The first kappa shape index (κ1) is 21.4. The van der Waals surface area contributed by atoms with Gasteiger partial charge in [0.1, 0.15) is 11.6 Å². The van der Waals surface area contributed by atoms with Crippen LogP contribution in [0.25, 0.3) is 0 Å². The van der Waals surface area contributed by atoms with Gasteiger partial charge in [-0.25, -0.2) is 18.2 Å². The Labute approximate surface area is 186 Å². The molecule has 1 amide bonds. The standard InChI is InChI=1S/C24H20F3N3O3/c25-14-4-1-3-13(11-14)24(8-9-24)23-28-18-7-10-30(12-16(18)21(32)29-23)22(33)20(31)15-5-2-6-17(26)19(15)27/h1-6,11,20,31H,7-10,12H2,(H,28,29,32). The Kier molecular flexibility index (Phi) is 5.08. The molecular weight excluding hydrogens is 435 g/mol. The quantitative estimate of drug-likeness (QED) is 0.634. The van der Waals surface area contributed by atoms with E-state index < -0.39 is 40.2 Å². The van der Waals surface area contributed by atoms with Crippen LogP contribution in [0.3, 0.4) is 0 Å². The van der Waals surface area contributed by atoms with Crippen molar-refractivity contribution in [3.8, 4) is 0 Å². The van der Waals surface area contributed by atoms with Gasteiger partial charge in [0, 0.05) is 18.5 Å². The van der Waals surface area contributed by atoms with Gasteiger partial charge in [0.15, 0.2) is 17.7 Å². The van der Waals surface area contributed by atoms with E-state index in [0.29, 0.717) is 11.5 Å². The predicted molar refractivity (Wildman–Crippen MR) is 112 cm³/mol. The fourth-order valence-corrected chi connectivity index (χ4v) is 4.45. The van der Waals surface area contributed by atoms with Gasteiger partial charge in [-0.2, -0.15) is 0 Å². The zero-order valence-electron chi connectivity index (χ0n) is 17.4. The summed E-state index contributed by atoms with van der Waals surface area (Å²) >= 11 is 0. The number of halogens is 3. The van der Waals surface area contributed by atoms with Crippen LogP contribution in [-0.2, 0) is 23.2 Å². The summed E-state index contributed by atoms with van der Waals surface area (Å²) in [5.41, 5.74) is 0.153. The number of hydrogen-bond acceptors (Lipinski definition) is 4. The Morgan fingerprint density at radius 2 is 1.91 bits per heavy atom. The Morgan fingerprint density at radius 3 is 2.64 bits per heavy atom. The van der Waals surface area contributed by atoms with Crippen molar-refractivity contribution >= 4 is 5.91 Å². The summed E-state index contributed by atoms with van der Waals surface area (Å²) in [5, 5.41) is 10.3. The number of nitrogens with one attached hydrogen (secondary N) is 1. The number of H-pyrrole nitrogens is 1. The molecule has 0 bridgehead atoms. The van der Waals surface area contributed by atoms with Gasteiger partial charge < -0.3 is 15.0 Å². The minimum Gasteiger partial charge on any atom is -0.378 e. The molecule has 1 fully saturated rings. The topological polar surface area (TPSA) is 86.3 Å². The predicted octanol–water partition coefficient (Wildman–Crippen LogP) is 2.89. The molecule has 1 saturated carbocycles. The molecule has 170 valence electrons. The minimum atomic E-state index is -1.89. The molecule has 33 heavy (non-hydrogen) atoms. The maximum Gasteiger partial charge on any atom is 0.256 e. The summed E-state index contributed by atoms with van der Waals surface area (Å²) in [7, 11) is 0. The first-order valence-corrected chi connectivity index (χ1v) is 10.6. The third-order valence-corrected chi connectivity index (χ3v) is 6.47. The van der Waals surface area contributed by atoms with Gasteiger partial charge >= 0.3 is 0 Å². The number of hydrogen-bond donors (Lipinski definition) is 2. The molecule has 1 unspecified atom stereocenters. The Hall–Kier alpha value is -3.46. The van der Waals surface area contributed by atoms with E-state index in [1.807, 2.05) is 6.07 Å². The number of amides is 1. The number of nitrogens with zero attached hydrogens (tertiary/aromatic N) is 2. The van der Waals surface area contributed by atoms with Gasteiger partial charge in [-0.15, -0.1) is 0 Å². The monoisotopic (exact) mass is 455 g/mol. The van der Waals surface area contributed by atoms with Crippen LogP contribution in [0.5, 0.6) is 0 Å². The van der Waals surface area contributed by atoms with Gasteiger partial charge in [-0.05, 0) is 36.6 Å². The molecule has 1 aliphatic carbocycles. The van der Waals surface area contributed by atoms with Gasteiger partial charge in [-0.3, -0.25) is 9.59 Å². The Balaban J connectivity index is 1.41. The molecule has 2 aromatic carbocycles. The van der Waals surface area contributed by atoms with Crippen LogP contribution < -0.4 is 5.56 Å². The van der Waals surface area contributed by atoms with E-state index in [4.69, 9.17) is 0 Å². The second-order valence-electron chi connectivity index (χ2n) is 8.49. The van der Waals surface area contributed by atoms with Gasteiger partial charge in [-0.1, -0.05) is 24.3 Å². The normalized spacial score (nSPS) is 17.4. The van der Waals surface area contributed by atoms with Crippen molar-refractivity contribution in [1.29, 1.82) is 0 Å². The molecule has 2 heterocycles. The van der Waals surface area contributed by atoms with Gasteiger partial charge in [0.05, 0.1) is 23.2 Å². The second-order valence-corrected chi connectivity index (χ2v) is 8.49. The number of aliphatic hydroxyl groups is 1. The van der Waals surface area contributed by atoms with E-state index in [1.54, 1.807) is 6.07 Å². The molecule has 1 atom stereocenters. The highest BCUT2D eigenvalue weighted by molar-refractivity contribution is 5.82. The van der Waals surface area contributed by atoms with Crippen LogP contribution in [0.1, 0.15) is 47.2 Å². The lowest BCUT2D eigenvalue weighted by Crippen LogP contribution is -2.42. The fraction of sp³-hybridized carbons (Fsp3) is 0.292. The second kappa shape index (κ2) is 7.84. The number of carbonyl (C=O) groups excluding carboxylic acids is 1. The van der Waals surface area contributed by atoms with E-state index in [-0.39, 0.29) is 30.9 Å². The molecular formula is C24H20F3N3O3. The van der Waals surface area contributed by atoms with E-state index >= 15 is 0 Å². The van der Waals surface area contributed by atoms with Crippen LogP contribution in [0.2, 0.25) is 0 Å². The zero-order valence-corrected chi connectivity index (χ0v) is 17.4. The maximum absolute atomic E-state index is 14.0. The SMILES string of the molecule is O=C(C(O)c1cccc(F)c1F)N1CCc2nc(C3(c4cccc(F)c4)CC3)[nH]c(=O)c2C1. The molecule has 1 aromatic heterocycles. The van der Waals surface area contributed by atoms with Crippen LogP contribution in [0.15, 0.2) is 47.3 Å². The molecule has 2 aliphatic rings. The molecule has 0 radical (unpaired) electrons. The Morgan fingerprint density at radius 1 is 1.15 bits per heavy atom. The summed E-state index contributed by atoms with van der Waals surface area (Å²) in [6.07, 6.45) is -0.172. The summed E-state index contributed by atoms with van der Waals surface area (Å²) in [6.45, 7) is 0.0421. The number of rotatable bonds is 4. The number of aromatic amines is 1. The average Bonchev–Trinajstić information content (AvgIpc) is 3.62. The lowest BCUT2D eigenvalue weighted by molar-refractivity contribution is -0.141.